The van der Waals surface area contributed by atoms with Gasteiger partial charge in [0.15, 0.2) is 17.6 Å². The van der Waals surface area contributed by atoms with Crippen LogP contribution in [-0.4, -0.2) is 25.9 Å². The van der Waals surface area contributed by atoms with Crippen molar-refractivity contribution in [3.63, 3.8) is 0 Å². The molecule has 2 aromatic heterocycles. The van der Waals surface area contributed by atoms with Crippen LogP contribution in [0, 0.1) is 6.92 Å². The highest BCUT2D eigenvalue weighted by Gasteiger charge is 2.18. The summed E-state index contributed by atoms with van der Waals surface area (Å²) in [6.07, 6.45) is 2.11. The summed E-state index contributed by atoms with van der Waals surface area (Å²) in [7, 11) is 0. The number of ether oxygens (including phenoxy) is 1. The van der Waals surface area contributed by atoms with Crippen molar-refractivity contribution in [2.24, 2.45) is 0 Å². The molecule has 0 aliphatic rings. The first-order valence-corrected chi connectivity index (χ1v) is 7.03. The lowest BCUT2D eigenvalue weighted by molar-refractivity contribution is 0.0312. The largest absolute Gasteiger partial charge is 0.450 e. The third-order valence-corrected chi connectivity index (χ3v) is 3.29. The van der Waals surface area contributed by atoms with E-state index in [4.69, 9.17) is 4.74 Å². The Morgan fingerprint density at radius 1 is 1.22 bits per heavy atom. The summed E-state index contributed by atoms with van der Waals surface area (Å²) >= 11 is 0. The molecule has 0 fully saturated rings. The number of rotatable bonds is 3. The highest BCUT2D eigenvalue weighted by atomic mass is 16.5. The van der Waals surface area contributed by atoms with Crippen LogP contribution in [0.5, 0.6) is 0 Å². The molecule has 0 spiro atoms. The monoisotopic (exact) mass is 310 g/mol. The number of H-pyrrole nitrogens is 1. The molecule has 1 aromatic carbocycles. The quantitative estimate of drug-likeness (QED) is 0.742. The fourth-order valence-corrected chi connectivity index (χ4v) is 2.07. The van der Waals surface area contributed by atoms with E-state index >= 15 is 0 Å². The maximum atomic E-state index is 12.0. The first-order chi connectivity index (χ1) is 11.0. The second-order valence-electron chi connectivity index (χ2n) is 5.06. The van der Waals surface area contributed by atoms with Gasteiger partial charge in [0.2, 0.25) is 0 Å². The number of nitrogens with one attached hydrogen (secondary N) is 1. The summed E-state index contributed by atoms with van der Waals surface area (Å²) in [5, 5.41) is 0.485. The summed E-state index contributed by atoms with van der Waals surface area (Å²) in [4.78, 5) is 39.0. The Labute approximate surface area is 131 Å². The molecule has 0 bridgehead atoms. The number of nitrogens with zero attached hydrogens (tertiary/aromatic N) is 3. The lowest BCUT2D eigenvalue weighted by atomic mass is 10.2. The number of hydrogen-bond donors (Lipinski definition) is 1. The molecule has 0 aliphatic carbocycles. The van der Waals surface area contributed by atoms with Gasteiger partial charge in [-0.3, -0.25) is 9.78 Å². The minimum absolute atomic E-state index is 0.102. The van der Waals surface area contributed by atoms with E-state index < -0.39 is 12.1 Å². The Hall–Kier alpha value is -3.09. The molecular weight excluding hydrogens is 296 g/mol. The van der Waals surface area contributed by atoms with Crippen LogP contribution in [0.2, 0.25) is 0 Å². The van der Waals surface area contributed by atoms with Crippen LogP contribution in [0.25, 0.3) is 10.9 Å². The molecule has 1 atom stereocenters. The molecule has 7 nitrogen and oxygen atoms in total. The molecule has 1 N–H and O–H groups in total. The fourth-order valence-electron chi connectivity index (χ4n) is 2.07. The van der Waals surface area contributed by atoms with Crippen molar-refractivity contribution in [3.8, 4) is 0 Å². The van der Waals surface area contributed by atoms with Crippen molar-refractivity contribution in [2.75, 3.05) is 0 Å². The topological polar surface area (TPSA) is 97.8 Å². The van der Waals surface area contributed by atoms with Gasteiger partial charge < -0.3 is 9.72 Å². The molecule has 7 heteroatoms. The summed E-state index contributed by atoms with van der Waals surface area (Å²) in [6.45, 7) is 3.40. The average molecular weight is 310 g/mol. The standard InChI is InChI=1S/C16H14N4O3/c1-9-7-18-13(8-17-9)16(22)23-10(2)14-19-12-6-4-3-5-11(12)15(21)20-14/h3-8,10H,1-2H3,(H,19,20,21)/t10-/m0/s1. The predicted octanol–water partition coefficient (Wildman–Crippen LogP) is 1.94. The molecule has 0 unspecified atom stereocenters. The zero-order valence-electron chi connectivity index (χ0n) is 12.6. The van der Waals surface area contributed by atoms with E-state index in [0.29, 0.717) is 16.6 Å². The minimum Gasteiger partial charge on any atom is -0.450 e. The van der Waals surface area contributed by atoms with Gasteiger partial charge in [0.1, 0.15) is 0 Å². The van der Waals surface area contributed by atoms with Crippen LogP contribution in [0.1, 0.15) is 35.0 Å². The number of fused-ring (bicyclic) bond motifs is 1. The third-order valence-electron chi connectivity index (χ3n) is 3.29. The SMILES string of the molecule is Cc1cnc(C(=O)O[C@@H](C)c2nc3ccccc3c(=O)[nH]2)cn1. The Kier molecular flexibility index (Phi) is 3.84. The van der Waals surface area contributed by atoms with Gasteiger partial charge in [-0.15, -0.1) is 0 Å². The number of aromatic nitrogens is 4. The van der Waals surface area contributed by atoms with Crippen LogP contribution in [0.15, 0.2) is 41.5 Å². The molecule has 0 amide bonds. The van der Waals surface area contributed by atoms with Crippen molar-refractivity contribution >= 4 is 16.9 Å². The number of aromatic amines is 1. The van der Waals surface area contributed by atoms with Crippen LogP contribution < -0.4 is 5.56 Å². The fraction of sp³-hybridized carbons (Fsp3) is 0.188. The lowest BCUT2D eigenvalue weighted by Crippen LogP contribution is -2.18. The summed E-state index contributed by atoms with van der Waals surface area (Å²) < 4.78 is 5.29. The normalized spacial score (nSPS) is 12.1. The third kappa shape index (κ3) is 3.08. The van der Waals surface area contributed by atoms with Gasteiger partial charge in [-0.25, -0.2) is 14.8 Å². The molecule has 0 saturated carbocycles. The number of esters is 1. The van der Waals surface area contributed by atoms with Crippen LogP contribution in [0.3, 0.4) is 0 Å². The molecule has 3 rings (SSSR count). The summed E-state index contributed by atoms with van der Waals surface area (Å²) in [5.74, 6) is -0.345. The van der Waals surface area contributed by atoms with E-state index in [-0.39, 0.29) is 17.1 Å². The molecular formula is C16H14N4O3. The van der Waals surface area contributed by atoms with Crippen molar-refractivity contribution in [2.45, 2.75) is 20.0 Å². The Balaban J connectivity index is 1.85. The molecule has 116 valence electrons. The van der Waals surface area contributed by atoms with Gasteiger partial charge >= 0.3 is 5.97 Å². The maximum Gasteiger partial charge on any atom is 0.359 e. The first-order valence-electron chi connectivity index (χ1n) is 7.03. The Bertz CT molecular complexity index is 919. The molecule has 0 aliphatic heterocycles. The van der Waals surface area contributed by atoms with Crippen molar-refractivity contribution in [1.29, 1.82) is 0 Å². The van der Waals surface area contributed by atoms with Crippen molar-refractivity contribution in [3.05, 3.63) is 64.2 Å². The van der Waals surface area contributed by atoms with Crippen molar-refractivity contribution in [1.82, 2.24) is 19.9 Å². The van der Waals surface area contributed by atoms with Gasteiger partial charge in [-0.1, -0.05) is 12.1 Å². The molecule has 2 heterocycles. The average Bonchev–Trinajstić information content (AvgIpc) is 2.55. The van der Waals surface area contributed by atoms with E-state index in [9.17, 15) is 9.59 Å². The highest BCUT2D eigenvalue weighted by molar-refractivity contribution is 5.87. The van der Waals surface area contributed by atoms with Crippen LogP contribution >= 0.6 is 0 Å². The minimum atomic E-state index is -0.720. The zero-order valence-corrected chi connectivity index (χ0v) is 12.6. The second kappa shape index (κ2) is 5.96. The van der Waals surface area contributed by atoms with Crippen LogP contribution in [-0.2, 0) is 4.74 Å². The maximum absolute atomic E-state index is 12.0. The summed E-state index contributed by atoms with van der Waals surface area (Å²) in [5.41, 5.74) is 1.08. The van der Waals surface area contributed by atoms with E-state index in [1.165, 1.54) is 12.4 Å². The van der Waals surface area contributed by atoms with Gasteiger partial charge in [0, 0.05) is 6.20 Å². The molecule has 0 radical (unpaired) electrons. The number of benzene rings is 1. The second-order valence-corrected chi connectivity index (χ2v) is 5.06. The van der Waals surface area contributed by atoms with E-state index in [1.807, 2.05) is 0 Å². The smallest absolute Gasteiger partial charge is 0.359 e. The van der Waals surface area contributed by atoms with E-state index in [0.717, 1.165) is 0 Å². The summed E-state index contributed by atoms with van der Waals surface area (Å²) in [6, 6.07) is 6.97. The Morgan fingerprint density at radius 2 is 2.00 bits per heavy atom. The van der Waals surface area contributed by atoms with Gasteiger partial charge in [-0.05, 0) is 26.0 Å². The number of carbonyl (C=O) groups excluding carboxylic acids is 1. The number of aryl methyl sites for hydroxylation is 1. The predicted molar refractivity (Wildman–Crippen MR) is 83.0 cm³/mol. The van der Waals surface area contributed by atoms with Gasteiger partial charge in [0.25, 0.3) is 5.56 Å². The number of hydrogen-bond acceptors (Lipinski definition) is 6. The number of para-hydroxylation sites is 1. The van der Waals surface area contributed by atoms with E-state index in [1.54, 1.807) is 38.1 Å². The Morgan fingerprint density at radius 3 is 2.74 bits per heavy atom. The van der Waals surface area contributed by atoms with Gasteiger partial charge in [-0.2, -0.15) is 0 Å². The molecule has 0 saturated heterocycles. The molecule has 23 heavy (non-hydrogen) atoms. The van der Waals surface area contributed by atoms with Gasteiger partial charge in [0.05, 0.1) is 22.8 Å². The highest BCUT2D eigenvalue weighted by Crippen LogP contribution is 2.15. The lowest BCUT2D eigenvalue weighted by Gasteiger charge is -2.12. The zero-order chi connectivity index (χ0) is 16.4. The molecule has 3 aromatic rings. The van der Waals surface area contributed by atoms with Crippen molar-refractivity contribution < 1.29 is 9.53 Å². The van der Waals surface area contributed by atoms with Crippen LogP contribution in [0.4, 0.5) is 0 Å². The number of carbonyl (C=O) groups is 1. The van der Waals surface area contributed by atoms with E-state index in [2.05, 4.69) is 19.9 Å². The first kappa shape index (κ1) is 14.8.